The van der Waals surface area contributed by atoms with Gasteiger partial charge in [0.2, 0.25) is 17.7 Å². The zero-order valence-electron chi connectivity index (χ0n) is 24.6. The van der Waals surface area contributed by atoms with Crippen LogP contribution in [0.4, 0.5) is 24.5 Å². The fourth-order valence-corrected chi connectivity index (χ4v) is 8.56. The molecule has 3 atom stereocenters. The summed E-state index contributed by atoms with van der Waals surface area (Å²) < 4.78 is 54.1. The first-order chi connectivity index (χ1) is 21.9. The number of para-hydroxylation sites is 1. The standard InChI is InChI=1S/C32H26F3N3O6S2/c1-16-8-11-18(12-9-16)36-23(39)15-37-30-27(46-31(37)42)24(17-10-13-21(43-2)22(14-17)44-3)25-26(45-30)29(41)38(28(25)40)20-7-5-4-6-19(20)32(33,34)35/h4-14,24-26H,15H2,1-3H3,(H,36,39)/t24-,25-,26+/m0/s1. The summed E-state index contributed by atoms with van der Waals surface area (Å²) in [5.41, 5.74) is 0.320. The number of aromatic nitrogens is 1. The first-order valence-corrected chi connectivity index (χ1v) is 15.6. The number of aryl methyl sites for hydroxylation is 1. The largest absolute Gasteiger partial charge is 0.493 e. The average Bonchev–Trinajstić information content (AvgIpc) is 3.47. The van der Waals surface area contributed by atoms with Crippen LogP contribution in [0.5, 0.6) is 11.5 Å². The molecule has 3 amide bonds. The van der Waals surface area contributed by atoms with Crippen molar-refractivity contribution in [2.45, 2.75) is 35.8 Å². The molecule has 0 radical (unpaired) electrons. The van der Waals surface area contributed by atoms with Crippen LogP contribution in [0.25, 0.3) is 0 Å². The normalized spacial score (nSPS) is 19.1. The van der Waals surface area contributed by atoms with E-state index in [1.807, 2.05) is 19.1 Å². The van der Waals surface area contributed by atoms with Gasteiger partial charge < -0.3 is 14.8 Å². The molecule has 0 unspecified atom stereocenters. The van der Waals surface area contributed by atoms with Gasteiger partial charge in [0.05, 0.1) is 36.4 Å². The maximum Gasteiger partial charge on any atom is 0.418 e. The second-order valence-corrected chi connectivity index (χ2v) is 12.8. The molecule has 1 N–H and O–H groups in total. The molecule has 9 nitrogen and oxygen atoms in total. The number of anilines is 2. The van der Waals surface area contributed by atoms with Crippen LogP contribution in [0.2, 0.25) is 0 Å². The van der Waals surface area contributed by atoms with Gasteiger partial charge in [0.1, 0.15) is 11.8 Å². The lowest BCUT2D eigenvalue weighted by Gasteiger charge is -2.31. The van der Waals surface area contributed by atoms with E-state index >= 15 is 0 Å². The average molecular weight is 670 g/mol. The zero-order valence-corrected chi connectivity index (χ0v) is 26.2. The van der Waals surface area contributed by atoms with Gasteiger partial charge in [-0.05, 0) is 48.9 Å². The molecule has 3 aromatic carbocycles. The number of carbonyl (C=O) groups is 3. The van der Waals surface area contributed by atoms with Crippen molar-refractivity contribution in [2.24, 2.45) is 5.92 Å². The molecule has 0 saturated carbocycles. The van der Waals surface area contributed by atoms with Crippen molar-refractivity contribution in [2.75, 3.05) is 24.4 Å². The van der Waals surface area contributed by atoms with Crippen LogP contribution in [0.1, 0.15) is 27.5 Å². The molecule has 6 rings (SSSR count). The molecule has 0 spiro atoms. The van der Waals surface area contributed by atoms with Crippen molar-refractivity contribution >= 4 is 52.2 Å². The maximum atomic E-state index is 14.1. The molecule has 46 heavy (non-hydrogen) atoms. The summed E-state index contributed by atoms with van der Waals surface area (Å²) in [6, 6.07) is 16.4. The monoisotopic (exact) mass is 669 g/mol. The van der Waals surface area contributed by atoms with Crippen LogP contribution in [0.3, 0.4) is 0 Å². The Morgan fingerprint density at radius 2 is 1.63 bits per heavy atom. The number of imide groups is 1. The minimum absolute atomic E-state index is 0.294. The summed E-state index contributed by atoms with van der Waals surface area (Å²) in [6.07, 6.45) is -4.83. The predicted octanol–water partition coefficient (Wildman–Crippen LogP) is 5.69. The topological polar surface area (TPSA) is 107 Å². The van der Waals surface area contributed by atoms with Crippen LogP contribution >= 0.6 is 23.1 Å². The second kappa shape index (κ2) is 12.0. The summed E-state index contributed by atoms with van der Waals surface area (Å²) in [5.74, 6) is -3.53. The van der Waals surface area contributed by atoms with Crippen molar-refractivity contribution < 1.29 is 37.0 Å². The van der Waals surface area contributed by atoms with Crippen molar-refractivity contribution in [1.82, 2.24) is 4.57 Å². The highest BCUT2D eigenvalue weighted by Gasteiger charge is 2.58. The molecular weight excluding hydrogens is 643 g/mol. The highest BCUT2D eigenvalue weighted by molar-refractivity contribution is 8.00. The minimum Gasteiger partial charge on any atom is -0.493 e. The molecule has 2 aliphatic heterocycles. The van der Waals surface area contributed by atoms with E-state index in [9.17, 15) is 32.3 Å². The molecule has 1 aromatic heterocycles. The highest BCUT2D eigenvalue weighted by atomic mass is 32.2. The van der Waals surface area contributed by atoms with Crippen molar-refractivity contribution in [3.8, 4) is 11.5 Å². The first-order valence-electron chi connectivity index (χ1n) is 14.0. The molecule has 238 valence electrons. The predicted molar refractivity (Wildman–Crippen MR) is 167 cm³/mol. The number of carbonyl (C=O) groups excluding carboxylic acids is 3. The summed E-state index contributed by atoms with van der Waals surface area (Å²) in [7, 11) is 2.87. The smallest absolute Gasteiger partial charge is 0.418 e. The lowest BCUT2D eigenvalue weighted by atomic mass is 9.83. The molecule has 4 aromatic rings. The Morgan fingerprint density at radius 3 is 2.30 bits per heavy atom. The van der Waals surface area contributed by atoms with Crippen LogP contribution in [0, 0.1) is 12.8 Å². The molecule has 2 aliphatic rings. The van der Waals surface area contributed by atoms with E-state index in [0.29, 0.717) is 37.6 Å². The van der Waals surface area contributed by atoms with E-state index in [4.69, 9.17) is 9.47 Å². The number of methoxy groups -OCH3 is 2. The number of thioether (sulfide) groups is 1. The van der Waals surface area contributed by atoms with Crippen LogP contribution < -0.4 is 24.6 Å². The number of rotatable bonds is 7. The SMILES string of the molecule is COc1ccc([C@@H]2c3sc(=O)n(CC(=O)Nc4ccc(C)cc4)c3S[C@H]3C(=O)N(c4ccccc4C(F)(F)F)C(=O)[C@@H]23)cc1OC. The molecule has 1 saturated heterocycles. The molecule has 3 heterocycles. The van der Waals surface area contributed by atoms with Crippen molar-refractivity contribution in [3.05, 3.63) is 98.0 Å². The summed E-state index contributed by atoms with van der Waals surface area (Å²) in [6.45, 7) is 1.52. The van der Waals surface area contributed by atoms with E-state index in [2.05, 4.69) is 5.32 Å². The highest BCUT2D eigenvalue weighted by Crippen LogP contribution is 2.55. The van der Waals surface area contributed by atoms with Crippen LogP contribution in [-0.4, -0.2) is 41.8 Å². The Kier molecular flexibility index (Phi) is 8.19. The number of alkyl halides is 3. The van der Waals surface area contributed by atoms with Crippen LogP contribution in [-0.2, 0) is 27.1 Å². The van der Waals surface area contributed by atoms with Crippen LogP contribution in [0.15, 0.2) is 76.6 Å². The number of benzene rings is 3. The van der Waals surface area contributed by atoms with Gasteiger partial charge in [-0.2, -0.15) is 13.2 Å². The second-order valence-electron chi connectivity index (χ2n) is 10.7. The molecule has 0 bridgehead atoms. The lowest BCUT2D eigenvalue weighted by Crippen LogP contribution is -2.33. The fourth-order valence-electron chi connectivity index (χ4n) is 5.79. The van der Waals surface area contributed by atoms with E-state index < -0.39 is 57.1 Å². The van der Waals surface area contributed by atoms with E-state index in [1.54, 1.807) is 30.3 Å². The van der Waals surface area contributed by atoms with Gasteiger partial charge in [0.25, 0.3) is 0 Å². The Labute approximate surface area is 268 Å². The van der Waals surface area contributed by atoms with Gasteiger partial charge >= 0.3 is 11.0 Å². The van der Waals surface area contributed by atoms with Gasteiger partial charge in [-0.15, -0.1) is 0 Å². The molecule has 0 aliphatic carbocycles. The zero-order chi connectivity index (χ0) is 32.9. The van der Waals surface area contributed by atoms with Gasteiger partial charge in [-0.1, -0.05) is 59.0 Å². The molecule has 1 fully saturated rings. The molecule has 14 heteroatoms. The number of halogens is 3. The van der Waals surface area contributed by atoms with E-state index in [-0.39, 0.29) is 6.54 Å². The molecular formula is C32H26F3N3O6S2. The lowest BCUT2D eigenvalue weighted by molar-refractivity contribution is -0.137. The third kappa shape index (κ3) is 5.45. The third-order valence-electron chi connectivity index (χ3n) is 7.90. The number of hydrogen-bond donors (Lipinski definition) is 1. The Morgan fingerprint density at radius 1 is 0.935 bits per heavy atom. The Bertz CT molecular complexity index is 1920. The number of hydrogen-bond acceptors (Lipinski definition) is 8. The Balaban J connectivity index is 1.46. The fraction of sp³-hybridized carbons (Fsp3) is 0.250. The van der Waals surface area contributed by atoms with Crippen molar-refractivity contribution in [3.63, 3.8) is 0 Å². The number of ether oxygens (including phenoxy) is 2. The van der Waals surface area contributed by atoms with Crippen molar-refractivity contribution in [1.29, 1.82) is 0 Å². The number of fused-ring (bicyclic) bond motifs is 2. The third-order valence-corrected chi connectivity index (χ3v) is 10.5. The number of thiazole rings is 1. The van der Waals surface area contributed by atoms with Gasteiger partial charge in [-0.3, -0.25) is 23.7 Å². The quantitative estimate of drug-likeness (QED) is 0.252. The summed E-state index contributed by atoms with van der Waals surface area (Å²) in [5, 5.41) is 1.87. The number of amides is 3. The van der Waals surface area contributed by atoms with Gasteiger partial charge in [0.15, 0.2) is 11.5 Å². The summed E-state index contributed by atoms with van der Waals surface area (Å²) >= 11 is 1.73. The van der Waals surface area contributed by atoms with E-state index in [1.165, 1.54) is 30.9 Å². The summed E-state index contributed by atoms with van der Waals surface area (Å²) in [4.78, 5) is 55.1. The Hall–Kier alpha value is -4.56. The van der Waals surface area contributed by atoms with Gasteiger partial charge in [-0.25, -0.2) is 4.90 Å². The first kappa shape index (κ1) is 31.4. The maximum absolute atomic E-state index is 14.1. The minimum atomic E-state index is -4.83. The number of nitrogens with one attached hydrogen (secondary N) is 1. The van der Waals surface area contributed by atoms with E-state index in [0.717, 1.165) is 40.8 Å². The van der Waals surface area contributed by atoms with Gasteiger partial charge in [0, 0.05) is 16.5 Å². The number of nitrogens with zero attached hydrogens (tertiary/aromatic N) is 2.